The third-order valence-electron chi connectivity index (χ3n) is 1.45. The van der Waals surface area contributed by atoms with Gasteiger partial charge in [-0.15, -0.1) is 11.3 Å². The van der Waals surface area contributed by atoms with Gasteiger partial charge < -0.3 is 5.11 Å². The maximum atomic E-state index is 10.6. The first-order chi connectivity index (χ1) is 6.16. The molecule has 1 rings (SSSR count). The Bertz CT molecular complexity index is 387. The third-order valence-corrected chi connectivity index (χ3v) is 2.35. The summed E-state index contributed by atoms with van der Waals surface area (Å²) in [6, 6.07) is 1.64. The Morgan fingerprint density at radius 1 is 1.77 bits per heavy atom. The van der Waals surface area contributed by atoms with Crippen LogP contribution in [0.2, 0.25) is 0 Å². The van der Waals surface area contributed by atoms with E-state index in [1.54, 1.807) is 24.6 Å². The minimum atomic E-state index is -1.21. The van der Waals surface area contributed by atoms with E-state index >= 15 is 0 Å². The van der Waals surface area contributed by atoms with Gasteiger partial charge in [-0.05, 0) is 6.92 Å². The second-order valence-corrected chi connectivity index (χ2v) is 3.15. The van der Waals surface area contributed by atoms with Gasteiger partial charge in [0.05, 0.1) is 0 Å². The molecule has 0 saturated heterocycles. The van der Waals surface area contributed by atoms with Gasteiger partial charge in [0.15, 0.2) is 0 Å². The van der Waals surface area contributed by atoms with Crippen LogP contribution in [0.5, 0.6) is 0 Å². The van der Waals surface area contributed by atoms with Crippen molar-refractivity contribution in [2.45, 2.75) is 6.92 Å². The molecule has 4 nitrogen and oxygen atoms in total. The lowest BCUT2D eigenvalue weighted by molar-refractivity contribution is -0.132. The van der Waals surface area contributed by atoms with Crippen LogP contribution in [0.1, 0.15) is 11.9 Å². The molecule has 0 aliphatic carbocycles. The first kappa shape index (κ1) is 9.42. The predicted molar refractivity (Wildman–Crippen MR) is 48.0 cm³/mol. The van der Waals surface area contributed by atoms with E-state index in [0.29, 0.717) is 10.6 Å². The van der Waals surface area contributed by atoms with Crippen molar-refractivity contribution in [1.29, 1.82) is 5.26 Å². The van der Waals surface area contributed by atoms with Gasteiger partial charge in [0, 0.05) is 17.2 Å². The van der Waals surface area contributed by atoms with Crippen LogP contribution < -0.4 is 0 Å². The van der Waals surface area contributed by atoms with Gasteiger partial charge in [0.2, 0.25) is 0 Å². The minimum absolute atomic E-state index is 0.255. The first-order valence-corrected chi connectivity index (χ1v) is 4.29. The van der Waals surface area contributed by atoms with Gasteiger partial charge in [0.1, 0.15) is 16.6 Å². The van der Waals surface area contributed by atoms with Gasteiger partial charge in [-0.3, -0.25) is 0 Å². The average molecular weight is 194 g/mol. The number of carbonyl (C=O) groups is 1. The highest BCUT2D eigenvalue weighted by molar-refractivity contribution is 7.10. The molecule has 1 aromatic rings. The van der Waals surface area contributed by atoms with Crippen molar-refractivity contribution in [2.75, 3.05) is 0 Å². The van der Waals surface area contributed by atoms with E-state index in [1.165, 1.54) is 11.3 Å². The second-order valence-electron chi connectivity index (χ2n) is 2.25. The number of nitriles is 1. The average Bonchev–Trinajstić information content (AvgIpc) is 2.56. The quantitative estimate of drug-likeness (QED) is 0.572. The zero-order valence-electron chi connectivity index (χ0n) is 6.81. The van der Waals surface area contributed by atoms with Crippen LogP contribution in [0.3, 0.4) is 0 Å². The first-order valence-electron chi connectivity index (χ1n) is 3.41. The standard InChI is InChI=1S/C8H6N2O2S/c1-5(6(4-9)8(11)12)7-10-2-3-13-7/h2-3H,1H3,(H,11,12)/b6-5+. The fourth-order valence-corrected chi connectivity index (χ4v) is 1.46. The van der Waals surface area contributed by atoms with Crippen molar-refractivity contribution in [1.82, 2.24) is 4.98 Å². The van der Waals surface area contributed by atoms with Crippen LogP contribution in [-0.4, -0.2) is 16.1 Å². The molecule has 13 heavy (non-hydrogen) atoms. The summed E-state index contributed by atoms with van der Waals surface area (Å²) in [7, 11) is 0. The van der Waals surface area contributed by atoms with Crippen LogP contribution in [0, 0.1) is 11.3 Å². The highest BCUT2D eigenvalue weighted by Gasteiger charge is 2.13. The minimum Gasteiger partial charge on any atom is -0.477 e. The van der Waals surface area contributed by atoms with E-state index in [9.17, 15) is 4.79 Å². The van der Waals surface area contributed by atoms with Gasteiger partial charge in [-0.1, -0.05) is 0 Å². The zero-order valence-corrected chi connectivity index (χ0v) is 7.63. The Labute approximate surface area is 78.8 Å². The molecule has 66 valence electrons. The fraction of sp³-hybridized carbons (Fsp3) is 0.125. The number of nitrogens with zero attached hydrogens (tertiary/aromatic N) is 2. The molecule has 1 heterocycles. The van der Waals surface area contributed by atoms with Gasteiger partial charge in [-0.2, -0.15) is 5.26 Å². The third kappa shape index (κ3) is 1.92. The molecule has 0 bridgehead atoms. The monoisotopic (exact) mass is 194 g/mol. The van der Waals surface area contributed by atoms with Crippen LogP contribution >= 0.6 is 11.3 Å². The summed E-state index contributed by atoms with van der Waals surface area (Å²) in [6.45, 7) is 1.57. The molecule has 0 radical (unpaired) electrons. The molecule has 0 unspecified atom stereocenters. The number of carboxylic acid groups (broad SMARTS) is 1. The molecule has 0 amide bonds. The molecule has 5 heteroatoms. The SMILES string of the molecule is C/C(=C(/C#N)C(=O)O)c1nccs1. The van der Waals surface area contributed by atoms with E-state index in [-0.39, 0.29) is 5.57 Å². The highest BCUT2D eigenvalue weighted by Crippen LogP contribution is 2.19. The zero-order chi connectivity index (χ0) is 9.84. The molecule has 0 aromatic carbocycles. The van der Waals surface area contributed by atoms with E-state index in [4.69, 9.17) is 10.4 Å². The second kappa shape index (κ2) is 3.83. The molecule has 0 saturated carbocycles. The Morgan fingerprint density at radius 3 is 2.85 bits per heavy atom. The summed E-state index contributed by atoms with van der Waals surface area (Å²) in [5.74, 6) is -1.21. The van der Waals surface area contributed by atoms with E-state index < -0.39 is 5.97 Å². The molecule has 0 aliphatic heterocycles. The van der Waals surface area contributed by atoms with Gasteiger partial charge >= 0.3 is 5.97 Å². The molecule has 1 N–H and O–H groups in total. The number of thiazole rings is 1. The number of hydrogen-bond acceptors (Lipinski definition) is 4. The summed E-state index contributed by atoms with van der Waals surface area (Å²) < 4.78 is 0. The van der Waals surface area contributed by atoms with Gasteiger partial charge in [-0.25, -0.2) is 9.78 Å². The van der Waals surface area contributed by atoms with Crippen molar-refractivity contribution in [2.24, 2.45) is 0 Å². The van der Waals surface area contributed by atoms with Crippen LogP contribution in [0.15, 0.2) is 17.2 Å². The lowest BCUT2D eigenvalue weighted by atomic mass is 10.1. The maximum Gasteiger partial charge on any atom is 0.346 e. The summed E-state index contributed by atoms with van der Waals surface area (Å²) >= 11 is 1.31. The summed E-state index contributed by atoms with van der Waals surface area (Å²) in [6.07, 6.45) is 1.57. The van der Waals surface area contributed by atoms with Crippen LogP contribution in [0.25, 0.3) is 5.57 Å². The molecular formula is C8H6N2O2S. The highest BCUT2D eigenvalue weighted by atomic mass is 32.1. The van der Waals surface area contributed by atoms with Crippen molar-refractivity contribution in [3.05, 3.63) is 22.2 Å². The van der Waals surface area contributed by atoms with Crippen molar-refractivity contribution in [3.63, 3.8) is 0 Å². The fourth-order valence-electron chi connectivity index (χ4n) is 0.808. The maximum absolute atomic E-state index is 10.6. The summed E-state index contributed by atoms with van der Waals surface area (Å²) in [5, 5.41) is 19.5. The van der Waals surface area contributed by atoms with Crippen LogP contribution in [0.4, 0.5) is 0 Å². The van der Waals surface area contributed by atoms with Crippen molar-refractivity contribution in [3.8, 4) is 6.07 Å². The number of aliphatic carboxylic acids is 1. The molecule has 0 aliphatic rings. The Balaban J connectivity index is 3.19. The van der Waals surface area contributed by atoms with E-state index in [1.807, 2.05) is 0 Å². The van der Waals surface area contributed by atoms with Crippen LogP contribution in [-0.2, 0) is 4.79 Å². The Hall–Kier alpha value is -1.67. The number of rotatable bonds is 2. The molecule has 0 atom stereocenters. The lowest BCUT2D eigenvalue weighted by Crippen LogP contribution is -2.00. The molecule has 1 aromatic heterocycles. The summed E-state index contributed by atoms with van der Waals surface area (Å²) in [4.78, 5) is 14.5. The lowest BCUT2D eigenvalue weighted by Gasteiger charge is -1.95. The van der Waals surface area contributed by atoms with Gasteiger partial charge in [0.25, 0.3) is 0 Å². The molecule has 0 spiro atoms. The summed E-state index contributed by atoms with van der Waals surface area (Å²) in [5.41, 5.74) is 0.153. The topological polar surface area (TPSA) is 74.0 Å². The van der Waals surface area contributed by atoms with Crippen molar-refractivity contribution >= 4 is 22.9 Å². The number of hydrogen-bond donors (Lipinski definition) is 1. The largest absolute Gasteiger partial charge is 0.477 e. The number of carboxylic acids is 1. The van der Waals surface area contributed by atoms with E-state index in [0.717, 1.165) is 0 Å². The van der Waals surface area contributed by atoms with Crippen molar-refractivity contribution < 1.29 is 9.90 Å². The number of aromatic nitrogens is 1. The predicted octanol–water partition coefficient (Wildman–Crippen LogP) is 1.52. The molecular weight excluding hydrogens is 188 g/mol. The smallest absolute Gasteiger partial charge is 0.346 e. The number of allylic oxidation sites excluding steroid dienone is 1. The Morgan fingerprint density at radius 2 is 2.46 bits per heavy atom. The van der Waals surface area contributed by atoms with E-state index in [2.05, 4.69) is 4.98 Å². The Kier molecular flexibility index (Phi) is 2.77. The molecule has 0 fully saturated rings. The normalized spacial score (nSPS) is 11.7.